The van der Waals surface area contributed by atoms with E-state index in [1.165, 1.54) is 5.56 Å². The zero-order valence-electron chi connectivity index (χ0n) is 14.9. The van der Waals surface area contributed by atoms with Crippen molar-refractivity contribution >= 4 is 27.3 Å². The van der Waals surface area contributed by atoms with Gasteiger partial charge in [-0.2, -0.15) is 0 Å². The fraction of sp³-hybridized carbons (Fsp3) is 0.0870. The minimum absolute atomic E-state index is 0.519. The van der Waals surface area contributed by atoms with Crippen LogP contribution in [0.3, 0.4) is 0 Å². The molecule has 2 nitrogen and oxygen atoms in total. The molecule has 0 saturated carbocycles. The topological polar surface area (TPSA) is 22.1 Å². The fourth-order valence-corrected chi connectivity index (χ4v) is 4.19. The van der Waals surface area contributed by atoms with Crippen LogP contribution in [0, 0.1) is 6.92 Å². The van der Waals surface area contributed by atoms with E-state index >= 15 is 0 Å². The van der Waals surface area contributed by atoms with Crippen LogP contribution in [0.1, 0.15) is 11.1 Å². The largest absolute Gasteiger partial charge is 0.489 e. The number of ether oxygens (including phenoxy) is 1. The Bertz CT molecular complexity index is 1070. The summed E-state index contributed by atoms with van der Waals surface area (Å²) in [5.74, 6) is 0.888. The summed E-state index contributed by atoms with van der Waals surface area (Å²) < 4.78 is 7.07. The van der Waals surface area contributed by atoms with Crippen molar-refractivity contribution in [3.8, 4) is 27.6 Å². The number of thiazole rings is 1. The molecule has 0 saturated heterocycles. The summed E-state index contributed by atoms with van der Waals surface area (Å²) in [5.41, 5.74) is 5.55. The Hall–Kier alpha value is -2.43. The second-order valence-corrected chi connectivity index (χ2v) is 8.08. The van der Waals surface area contributed by atoms with Gasteiger partial charge in [-0.05, 0) is 42.3 Å². The first-order valence-corrected chi connectivity index (χ1v) is 10.4. The van der Waals surface area contributed by atoms with Crippen molar-refractivity contribution in [1.29, 1.82) is 0 Å². The van der Waals surface area contributed by atoms with Crippen LogP contribution in [-0.4, -0.2) is 4.98 Å². The lowest BCUT2D eigenvalue weighted by atomic mass is 10.1. The summed E-state index contributed by atoms with van der Waals surface area (Å²) >= 11 is 5.19. The van der Waals surface area contributed by atoms with Gasteiger partial charge in [-0.15, -0.1) is 11.3 Å². The molecule has 0 fully saturated rings. The quantitative estimate of drug-likeness (QED) is 0.332. The molecule has 4 aromatic rings. The van der Waals surface area contributed by atoms with E-state index in [-0.39, 0.29) is 0 Å². The fourth-order valence-electron chi connectivity index (χ4n) is 2.90. The van der Waals surface area contributed by atoms with Gasteiger partial charge in [0.25, 0.3) is 0 Å². The molecule has 0 bridgehead atoms. The first-order valence-electron chi connectivity index (χ1n) is 8.68. The number of hydrogen-bond donors (Lipinski definition) is 0. The minimum Gasteiger partial charge on any atom is -0.489 e. The molecule has 0 atom stereocenters. The van der Waals surface area contributed by atoms with Gasteiger partial charge in [-0.1, -0.05) is 64.5 Å². The number of aromatic nitrogens is 1. The van der Waals surface area contributed by atoms with Crippen molar-refractivity contribution in [1.82, 2.24) is 4.98 Å². The molecule has 134 valence electrons. The van der Waals surface area contributed by atoms with Crippen molar-refractivity contribution in [3.63, 3.8) is 0 Å². The van der Waals surface area contributed by atoms with E-state index in [4.69, 9.17) is 9.72 Å². The van der Waals surface area contributed by atoms with Crippen molar-refractivity contribution in [2.45, 2.75) is 13.5 Å². The number of halogens is 1. The van der Waals surface area contributed by atoms with Gasteiger partial charge in [0.15, 0.2) is 0 Å². The molecule has 4 rings (SSSR count). The van der Waals surface area contributed by atoms with Crippen molar-refractivity contribution in [2.24, 2.45) is 0 Å². The van der Waals surface area contributed by atoms with Gasteiger partial charge < -0.3 is 4.74 Å². The monoisotopic (exact) mass is 435 g/mol. The smallest absolute Gasteiger partial charge is 0.124 e. The molecule has 4 heteroatoms. The number of benzene rings is 3. The van der Waals surface area contributed by atoms with Crippen LogP contribution in [0.2, 0.25) is 0 Å². The summed E-state index contributed by atoms with van der Waals surface area (Å²) in [5, 5.41) is 3.11. The maximum Gasteiger partial charge on any atom is 0.124 e. The molecule has 1 heterocycles. The van der Waals surface area contributed by atoms with E-state index in [0.29, 0.717) is 6.61 Å². The molecule has 27 heavy (non-hydrogen) atoms. The normalized spacial score (nSPS) is 10.7. The molecule has 0 aliphatic carbocycles. The first kappa shape index (κ1) is 18.0. The molecular weight excluding hydrogens is 418 g/mol. The predicted octanol–water partition coefficient (Wildman–Crippen LogP) is 7.13. The molecule has 1 aromatic heterocycles. The lowest BCUT2D eigenvalue weighted by Crippen LogP contribution is -1.98. The third kappa shape index (κ3) is 4.29. The van der Waals surface area contributed by atoms with E-state index in [9.17, 15) is 0 Å². The second-order valence-electron chi connectivity index (χ2n) is 6.31. The molecule has 3 aromatic carbocycles. The Morgan fingerprint density at radius 3 is 2.67 bits per heavy atom. The summed E-state index contributed by atoms with van der Waals surface area (Å²) in [4.78, 5) is 4.86. The lowest BCUT2D eigenvalue weighted by molar-refractivity contribution is 0.306. The number of nitrogens with zero attached hydrogens (tertiary/aromatic N) is 1. The average Bonchev–Trinajstić information content (AvgIpc) is 3.17. The van der Waals surface area contributed by atoms with Gasteiger partial charge in [0.2, 0.25) is 0 Å². The molecule has 0 aliphatic heterocycles. The van der Waals surface area contributed by atoms with E-state index in [0.717, 1.165) is 37.6 Å². The third-order valence-corrected chi connectivity index (χ3v) is 5.63. The van der Waals surface area contributed by atoms with Gasteiger partial charge in [-0.25, -0.2) is 4.98 Å². The highest BCUT2D eigenvalue weighted by Gasteiger charge is 2.11. The highest BCUT2D eigenvalue weighted by atomic mass is 79.9. The summed E-state index contributed by atoms with van der Waals surface area (Å²) in [6, 6.07) is 24.7. The van der Waals surface area contributed by atoms with Crippen LogP contribution >= 0.6 is 27.3 Å². The molecule has 0 spiro atoms. The molecule has 0 aliphatic rings. The molecule has 0 radical (unpaired) electrons. The summed E-state index contributed by atoms with van der Waals surface area (Å²) in [6.45, 7) is 2.59. The minimum atomic E-state index is 0.519. The van der Waals surface area contributed by atoms with Crippen molar-refractivity contribution in [3.05, 3.63) is 93.8 Å². The maximum atomic E-state index is 6.01. The van der Waals surface area contributed by atoms with E-state index in [1.54, 1.807) is 11.3 Å². The highest BCUT2D eigenvalue weighted by Crippen LogP contribution is 2.32. The van der Waals surface area contributed by atoms with Gasteiger partial charge in [-0.3, -0.25) is 0 Å². The zero-order valence-corrected chi connectivity index (χ0v) is 17.3. The number of aryl methyl sites for hydroxylation is 1. The molecule has 0 unspecified atom stereocenters. The van der Waals surface area contributed by atoms with E-state index < -0.39 is 0 Å². The standard InChI is InChI=1S/C23H18BrNOS/c1-16-6-4-10-20(12-16)26-14-18-7-2-3-11-21(18)23-25-22(15-27-23)17-8-5-9-19(24)13-17/h2-13,15H,14H2,1H3. The average molecular weight is 436 g/mol. The van der Waals surface area contributed by atoms with Crippen molar-refractivity contribution in [2.75, 3.05) is 0 Å². The maximum absolute atomic E-state index is 6.01. The van der Waals surface area contributed by atoms with E-state index in [1.807, 2.05) is 36.4 Å². The van der Waals surface area contributed by atoms with Gasteiger partial charge in [0, 0.05) is 21.0 Å². The first-order chi connectivity index (χ1) is 13.2. The van der Waals surface area contributed by atoms with Crippen LogP contribution in [0.15, 0.2) is 82.6 Å². The third-order valence-electron chi connectivity index (χ3n) is 4.26. The lowest BCUT2D eigenvalue weighted by Gasteiger charge is -2.10. The number of rotatable bonds is 5. The van der Waals surface area contributed by atoms with Crippen molar-refractivity contribution < 1.29 is 4.74 Å². The number of hydrogen-bond acceptors (Lipinski definition) is 3. The molecular formula is C23H18BrNOS. The Labute approximate surface area is 171 Å². The van der Waals surface area contributed by atoms with Gasteiger partial charge in [0.05, 0.1) is 5.69 Å². The van der Waals surface area contributed by atoms with E-state index in [2.05, 4.69) is 64.6 Å². The summed E-state index contributed by atoms with van der Waals surface area (Å²) in [6.07, 6.45) is 0. The Morgan fingerprint density at radius 1 is 0.963 bits per heavy atom. The van der Waals surface area contributed by atoms with Crippen LogP contribution in [0.4, 0.5) is 0 Å². The Morgan fingerprint density at radius 2 is 1.81 bits per heavy atom. The molecule has 0 amide bonds. The van der Waals surface area contributed by atoms with Crippen LogP contribution < -0.4 is 4.74 Å². The van der Waals surface area contributed by atoms with Gasteiger partial charge >= 0.3 is 0 Å². The molecule has 0 N–H and O–H groups in total. The second kappa shape index (κ2) is 8.07. The summed E-state index contributed by atoms with van der Waals surface area (Å²) in [7, 11) is 0. The van der Waals surface area contributed by atoms with Crippen LogP contribution in [0.5, 0.6) is 5.75 Å². The highest BCUT2D eigenvalue weighted by molar-refractivity contribution is 9.10. The van der Waals surface area contributed by atoms with Crippen LogP contribution in [-0.2, 0) is 6.61 Å². The Kier molecular flexibility index (Phi) is 5.37. The van der Waals surface area contributed by atoms with Crippen LogP contribution in [0.25, 0.3) is 21.8 Å². The predicted molar refractivity (Wildman–Crippen MR) is 116 cm³/mol. The SMILES string of the molecule is Cc1cccc(OCc2ccccc2-c2nc(-c3cccc(Br)c3)cs2)c1. The zero-order chi connectivity index (χ0) is 18.6. The van der Waals surface area contributed by atoms with Gasteiger partial charge in [0.1, 0.15) is 17.4 Å². The Balaban J connectivity index is 1.60.